The third kappa shape index (κ3) is 9.73. The molecule has 4 aromatic heterocycles. The number of rotatable bonds is 18. The molecule has 0 saturated carbocycles. The zero-order chi connectivity index (χ0) is 43.2. The number of nitrogens with one attached hydrogen (secondary N) is 3. The van der Waals surface area contributed by atoms with E-state index >= 15 is 0 Å². The maximum atomic E-state index is 13.8. The highest BCUT2D eigenvalue weighted by atomic mass is 16.5. The number of nitrogens with two attached hydrogens (primary N) is 1. The minimum atomic E-state index is -0.628. The molecule has 5 heterocycles. The largest absolute Gasteiger partial charge is 0.491 e. The fourth-order valence-electron chi connectivity index (χ4n) is 7.63. The Balaban J connectivity index is 1.18. The lowest BCUT2D eigenvalue weighted by Crippen LogP contribution is -2.37. The molecule has 0 unspecified atom stereocenters. The standard InChI is InChI=1S/C42H53N13O6/c1-6-54-34(21-26(3)49-54)39(58)47-41-45-31-25-30(44-28(5)56)11-12-33(31)52(41)14-8-9-15-53-37-32(46-42(53)48-40(59)35-22-27(4)50-55(35)7-2)23-29(38(43)57)24-36(37)61-18-10-13-51-16-19-60-20-17-51/h11-12,21-25H,6-10,13-20H2,1-5H3,(H2,43,57)(H,44,56)(H,45,47,58)(H,46,48,59). The van der Waals surface area contributed by atoms with Crippen LogP contribution in [0.5, 0.6) is 5.75 Å². The van der Waals surface area contributed by atoms with Gasteiger partial charge in [-0.3, -0.25) is 44.1 Å². The highest BCUT2D eigenvalue weighted by molar-refractivity contribution is 6.05. The maximum absolute atomic E-state index is 13.8. The molecule has 1 aliphatic heterocycles. The third-order valence-electron chi connectivity index (χ3n) is 10.5. The van der Waals surface area contributed by atoms with Crippen molar-refractivity contribution >= 4 is 63.3 Å². The van der Waals surface area contributed by atoms with E-state index in [1.54, 1.807) is 45.8 Å². The molecule has 0 spiro atoms. The van der Waals surface area contributed by atoms with E-state index in [2.05, 4.69) is 31.0 Å². The van der Waals surface area contributed by atoms with Gasteiger partial charge in [0, 0.05) is 64.0 Å². The van der Waals surface area contributed by atoms with Crippen molar-refractivity contribution in [1.29, 1.82) is 0 Å². The molecule has 61 heavy (non-hydrogen) atoms. The minimum Gasteiger partial charge on any atom is -0.491 e. The van der Waals surface area contributed by atoms with Gasteiger partial charge >= 0.3 is 0 Å². The average Bonchev–Trinajstić information content (AvgIpc) is 4.00. The molecule has 322 valence electrons. The maximum Gasteiger partial charge on any atom is 0.276 e. The summed E-state index contributed by atoms with van der Waals surface area (Å²) in [4.78, 5) is 63.7. The summed E-state index contributed by atoms with van der Waals surface area (Å²) in [5.74, 6) is -0.525. The summed E-state index contributed by atoms with van der Waals surface area (Å²) in [6.07, 6.45) is 1.94. The van der Waals surface area contributed by atoms with Gasteiger partial charge in [-0.15, -0.1) is 0 Å². The van der Waals surface area contributed by atoms with Crippen LogP contribution in [-0.4, -0.2) is 107 Å². The fraction of sp³-hybridized carbons (Fsp3) is 0.429. The molecular formula is C42H53N13O6. The van der Waals surface area contributed by atoms with Crippen LogP contribution in [0.2, 0.25) is 0 Å². The number of nitrogens with zero attached hydrogens (tertiary/aromatic N) is 9. The van der Waals surface area contributed by atoms with Crippen molar-refractivity contribution in [3.05, 3.63) is 70.8 Å². The molecule has 0 atom stereocenters. The van der Waals surface area contributed by atoms with Gasteiger partial charge in [0.15, 0.2) is 0 Å². The second-order valence-electron chi connectivity index (χ2n) is 15.0. The second-order valence-corrected chi connectivity index (χ2v) is 15.0. The molecule has 0 radical (unpaired) electrons. The summed E-state index contributed by atoms with van der Waals surface area (Å²) >= 11 is 0. The number of carbonyl (C=O) groups is 4. The van der Waals surface area contributed by atoms with Crippen LogP contribution in [-0.2, 0) is 35.7 Å². The zero-order valence-corrected chi connectivity index (χ0v) is 35.3. The second kappa shape index (κ2) is 18.8. The number of morpholine rings is 1. The molecular weight excluding hydrogens is 783 g/mol. The van der Waals surface area contributed by atoms with Crippen LogP contribution in [0, 0.1) is 13.8 Å². The third-order valence-corrected chi connectivity index (χ3v) is 10.5. The summed E-state index contributed by atoms with van der Waals surface area (Å²) < 4.78 is 19.0. The number of benzene rings is 2. The van der Waals surface area contributed by atoms with Crippen molar-refractivity contribution in [2.24, 2.45) is 5.73 Å². The molecule has 1 aliphatic rings. The summed E-state index contributed by atoms with van der Waals surface area (Å²) in [6.45, 7) is 15.1. The van der Waals surface area contributed by atoms with Gasteiger partial charge in [0.2, 0.25) is 23.7 Å². The van der Waals surface area contributed by atoms with Gasteiger partial charge in [0.25, 0.3) is 11.8 Å². The monoisotopic (exact) mass is 835 g/mol. The van der Waals surface area contributed by atoms with Crippen molar-refractivity contribution in [2.45, 2.75) is 80.1 Å². The van der Waals surface area contributed by atoms with Crippen LogP contribution < -0.4 is 26.4 Å². The number of imidazole rings is 2. The Morgan fingerprint density at radius 3 is 1.97 bits per heavy atom. The van der Waals surface area contributed by atoms with Crippen molar-refractivity contribution in [1.82, 2.24) is 43.6 Å². The van der Waals surface area contributed by atoms with E-state index in [0.717, 1.165) is 37.3 Å². The topological polar surface area (TPSA) is 223 Å². The first kappa shape index (κ1) is 42.5. The molecule has 5 N–H and O–H groups in total. The predicted molar refractivity (Wildman–Crippen MR) is 230 cm³/mol. The van der Waals surface area contributed by atoms with Gasteiger partial charge in [0.05, 0.1) is 47.8 Å². The van der Waals surface area contributed by atoms with E-state index in [1.807, 2.05) is 42.9 Å². The van der Waals surface area contributed by atoms with Crippen LogP contribution in [0.3, 0.4) is 0 Å². The molecule has 7 rings (SSSR count). The van der Waals surface area contributed by atoms with E-state index < -0.39 is 5.91 Å². The number of anilines is 3. The summed E-state index contributed by atoms with van der Waals surface area (Å²) in [7, 11) is 0. The first-order valence-corrected chi connectivity index (χ1v) is 20.7. The lowest BCUT2D eigenvalue weighted by molar-refractivity contribution is -0.114. The quantitative estimate of drug-likeness (QED) is 0.0878. The van der Waals surface area contributed by atoms with E-state index in [4.69, 9.17) is 25.2 Å². The first-order chi connectivity index (χ1) is 29.4. The summed E-state index contributed by atoms with van der Waals surface area (Å²) in [5, 5.41) is 17.7. The highest BCUT2D eigenvalue weighted by Crippen LogP contribution is 2.32. The number of fused-ring (bicyclic) bond motifs is 2. The first-order valence-electron chi connectivity index (χ1n) is 20.7. The number of aromatic nitrogens is 8. The van der Waals surface area contributed by atoms with Gasteiger partial charge in [0.1, 0.15) is 22.7 Å². The van der Waals surface area contributed by atoms with E-state index in [-0.39, 0.29) is 29.2 Å². The number of ether oxygens (including phenoxy) is 2. The predicted octanol–water partition coefficient (Wildman–Crippen LogP) is 4.58. The SMILES string of the molecule is CCn1nc(C)cc1C(=O)Nc1nc2cc(NC(C)=O)ccc2n1CCCCn1c(NC(=O)c2cc(C)nn2CC)nc2cc(C(N)=O)cc(OCCCN3CCOCC3)c21. The summed E-state index contributed by atoms with van der Waals surface area (Å²) in [5.41, 5.74) is 11.2. The van der Waals surface area contributed by atoms with E-state index in [9.17, 15) is 19.2 Å². The van der Waals surface area contributed by atoms with Gasteiger partial charge in [-0.05, 0) is 89.4 Å². The highest BCUT2D eigenvalue weighted by Gasteiger charge is 2.23. The zero-order valence-electron chi connectivity index (χ0n) is 35.3. The lowest BCUT2D eigenvalue weighted by Gasteiger charge is -2.26. The van der Waals surface area contributed by atoms with Crippen LogP contribution >= 0.6 is 0 Å². The molecule has 6 aromatic rings. The smallest absolute Gasteiger partial charge is 0.276 e. The molecule has 0 bridgehead atoms. The molecule has 2 aromatic carbocycles. The number of hydrogen-bond donors (Lipinski definition) is 4. The Morgan fingerprint density at radius 1 is 0.754 bits per heavy atom. The summed E-state index contributed by atoms with van der Waals surface area (Å²) in [6, 6.07) is 12.1. The molecule has 19 heteroatoms. The van der Waals surface area contributed by atoms with E-state index in [1.165, 1.54) is 6.92 Å². The van der Waals surface area contributed by atoms with E-state index in [0.29, 0.717) is 110 Å². The van der Waals surface area contributed by atoms with Crippen molar-refractivity contribution in [3.63, 3.8) is 0 Å². The number of hydrogen-bond acceptors (Lipinski definition) is 11. The van der Waals surface area contributed by atoms with Crippen molar-refractivity contribution in [3.8, 4) is 5.75 Å². The van der Waals surface area contributed by atoms with Gasteiger partial charge in [-0.1, -0.05) is 0 Å². The lowest BCUT2D eigenvalue weighted by atomic mass is 10.1. The van der Waals surface area contributed by atoms with Crippen molar-refractivity contribution in [2.75, 3.05) is 55.4 Å². The number of carbonyl (C=O) groups excluding carboxylic acids is 4. The number of amides is 4. The van der Waals surface area contributed by atoms with Gasteiger partial charge < -0.3 is 29.7 Å². The van der Waals surface area contributed by atoms with Crippen LogP contribution in [0.4, 0.5) is 17.6 Å². The minimum absolute atomic E-state index is 0.211. The molecule has 0 aliphatic carbocycles. The van der Waals surface area contributed by atoms with Crippen LogP contribution in [0.25, 0.3) is 22.1 Å². The molecule has 4 amide bonds. The van der Waals surface area contributed by atoms with Crippen LogP contribution in [0.15, 0.2) is 42.5 Å². The molecule has 1 saturated heterocycles. The van der Waals surface area contributed by atoms with Gasteiger partial charge in [-0.25, -0.2) is 9.97 Å². The number of primary amides is 1. The Bertz CT molecular complexity index is 2580. The Labute approximate surface area is 352 Å². The fourth-order valence-corrected chi connectivity index (χ4v) is 7.63. The Hall–Kier alpha value is -6.60. The van der Waals surface area contributed by atoms with Gasteiger partial charge in [-0.2, -0.15) is 10.2 Å². The van der Waals surface area contributed by atoms with Crippen LogP contribution in [0.1, 0.15) is 82.8 Å². The Morgan fingerprint density at radius 2 is 1.36 bits per heavy atom. The number of aryl methyl sites for hydroxylation is 6. The normalized spacial score (nSPS) is 13.2. The number of unbranched alkanes of at least 4 members (excludes halogenated alkanes) is 1. The Kier molecular flexibility index (Phi) is 13.1. The molecule has 1 fully saturated rings. The van der Waals surface area contributed by atoms with Crippen molar-refractivity contribution < 1.29 is 28.7 Å². The average molecular weight is 836 g/mol. The molecule has 19 nitrogen and oxygen atoms in total.